The largest absolute Gasteiger partial charge is 0.296 e. The monoisotopic (exact) mass is 289 g/mol. The number of fused-ring (bicyclic) bond motifs is 1. The van der Waals surface area contributed by atoms with Crippen molar-refractivity contribution in [2.75, 3.05) is 5.88 Å². The minimum Gasteiger partial charge on any atom is -0.296 e. The Morgan fingerprint density at radius 2 is 2.15 bits per heavy atom. The topological polar surface area (TPSA) is 30.7 Å². The second kappa shape index (κ2) is 5.21. The van der Waals surface area contributed by atoms with Gasteiger partial charge >= 0.3 is 0 Å². The molecule has 3 aromatic rings. The summed E-state index contributed by atoms with van der Waals surface area (Å²) in [7, 11) is 0. The van der Waals surface area contributed by atoms with Crippen molar-refractivity contribution >= 4 is 22.6 Å². The van der Waals surface area contributed by atoms with Crippen LogP contribution in [0.5, 0.6) is 0 Å². The first kappa shape index (κ1) is 13.1. The Morgan fingerprint density at radius 1 is 1.30 bits per heavy atom. The first-order chi connectivity index (χ1) is 9.72. The van der Waals surface area contributed by atoms with Gasteiger partial charge in [0.2, 0.25) is 0 Å². The van der Waals surface area contributed by atoms with Crippen molar-refractivity contribution in [3.63, 3.8) is 0 Å². The summed E-state index contributed by atoms with van der Waals surface area (Å²) >= 11 is 5.85. The average molecular weight is 290 g/mol. The molecule has 0 saturated heterocycles. The van der Waals surface area contributed by atoms with Gasteiger partial charge in [0.25, 0.3) is 0 Å². The summed E-state index contributed by atoms with van der Waals surface area (Å²) in [4.78, 5) is 8.62. The highest BCUT2D eigenvalue weighted by Gasteiger charge is 2.14. The van der Waals surface area contributed by atoms with Crippen molar-refractivity contribution in [3.8, 4) is 5.69 Å². The zero-order valence-electron chi connectivity index (χ0n) is 11.0. The van der Waals surface area contributed by atoms with Crippen molar-refractivity contribution in [2.45, 2.75) is 13.3 Å². The zero-order chi connectivity index (χ0) is 14.1. The third-order valence-corrected chi connectivity index (χ3v) is 3.51. The Labute approximate surface area is 121 Å². The van der Waals surface area contributed by atoms with Crippen molar-refractivity contribution in [1.82, 2.24) is 14.5 Å². The molecule has 2 heterocycles. The van der Waals surface area contributed by atoms with Gasteiger partial charge < -0.3 is 0 Å². The van der Waals surface area contributed by atoms with Crippen molar-refractivity contribution < 1.29 is 4.39 Å². The van der Waals surface area contributed by atoms with Gasteiger partial charge in [-0.2, -0.15) is 0 Å². The van der Waals surface area contributed by atoms with E-state index >= 15 is 0 Å². The van der Waals surface area contributed by atoms with Crippen LogP contribution in [-0.4, -0.2) is 20.4 Å². The Balaban J connectivity index is 2.33. The van der Waals surface area contributed by atoms with E-state index in [9.17, 15) is 4.39 Å². The van der Waals surface area contributed by atoms with E-state index < -0.39 is 0 Å². The minimum atomic E-state index is -0.227. The number of rotatable bonds is 3. The number of imidazole rings is 1. The normalized spacial score (nSPS) is 11.2. The summed E-state index contributed by atoms with van der Waals surface area (Å²) in [6.07, 6.45) is 4.03. The Bertz CT molecular complexity index is 767. The van der Waals surface area contributed by atoms with E-state index in [1.54, 1.807) is 25.4 Å². The van der Waals surface area contributed by atoms with Gasteiger partial charge in [-0.15, -0.1) is 11.6 Å². The molecule has 0 bridgehead atoms. The maximum absolute atomic E-state index is 13.8. The summed E-state index contributed by atoms with van der Waals surface area (Å²) in [6, 6.07) is 6.93. The van der Waals surface area contributed by atoms with Gasteiger partial charge in [0, 0.05) is 24.1 Å². The van der Waals surface area contributed by atoms with Gasteiger partial charge in [0.1, 0.15) is 17.2 Å². The minimum absolute atomic E-state index is 0.227. The lowest BCUT2D eigenvalue weighted by Crippen LogP contribution is -2.05. The van der Waals surface area contributed by atoms with Gasteiger partial charge in [0.15, 0.2) is 0 Å². The molecular formula is C15H13ClFN3. The predicted molar refractivity (Wildman–Crippen MR) is 78.0 cm³/mol. The van der Waals surface area contributed by atoms with Crippen molar-refractivity contribution in [2.24, 2.45) is 0 Å². The SMILES string of the molecule is Cc1c(F)cccc1-n1c(CCCl)nc2cnccc21. The standard InChI is InChI=1S/C15H13ClFN3/c1-10-11(17)3-2-4-13(10)20-14-6-8-18-9-12(14)19-15(20)5-7-16/h2-4,6,8-9H,5,7H2,1H3. The summed E-state index contributed by atoms with van der Waals surface area (Å²) in [5, 5.41) is 0. The smallest absolute Gasteiger partial charge is 0.128 e. The molecule has 0 aliphatic rings. The molecule has 2 aromatic heterocycles. The van der Waals surface area contributed by atoms with Crippen LogP contribution in [0.15, 0.2) is 36.7 Å². The van der Waals surface area contributed by atoms with Crippen molar-refractivity contribution in [1.29, 1.82) is 0 Å². The highest BCUT2D eigenvalue weighted by molar-refractivity contribution is 6.17. The second-order valence-corrected chi connectivity index (χ2v) is 4.93. The van der Waals surface area contributed by atoms with Crippen molar-refractivity contribution in [3.05, 3.63) is 53.9 Å². The molecule has 5 heteroatoms. The first-order valence-electron chi connectivity index (χ1n) is 6.35. The van der Waals surface area contributed by atoms with E-state index in [2.05, 4.69) is 9.97 Å². The first-order valence-corrected chi connectivity index (χ1v) is 6.88. The molecule has 0 aliphatic heterocycles. The number of hydrogen-bond donors (Lipinski definition) is 0. The Kier molecular flexibility index (Phi) is 3.40. The fourth-order valence-corrected chi connectivity index (χ4v) is 2.51. The molecule has 0 radical (unpaired) electrons. The molecular weight excluding hydrogens is 277 g/mol. The van der Waals surface area contributed by atoms with E-state index in [0.717, 1.165) is 22.5 Å². The van der Waals surface area contributed by atoms with E-state index in [4.69, 9.17) is 11.6 Å². The number of alkyl halides is 1. The van der Waals surface area contributed by atoms with E-state index in [1.165, 1.54) is 6.07 Å². The number of aryl methyl sites for hydroxylation is 1. The Hall–Kier alpha value is -1.94. The molecule has 0 amide bonds. The lowest BCUT2D eigenvalue weighted by atomic mass is 10.2. The predicted octanol–water partition coefficient (Wildman–Crippen LogP) is 3.65. The van der Waals surface area contributed by atoms with Crippen LogP contribution >= 0.6 is 11.6 Å². The number of halogens is 2. The molecule has 0 saturated carbocycles. The van der Waals surface area contributed by atoms with E-state index in [-0.39, 0.29) is 5.82 Å². The zero-order valence-corrected chi connectivity index (χ0v) is 11.7. The highest BCUT2D eigenvalue weighted by Crippen LogP contribution is 2.25. The molecule has 0 N–H and O–H groups in total. The van der Waals surface area contributed by atoms with Gasteiger partial charge in [0.05, 0.1) is 17.4 Å². The highest BCUT2D eigenvalue weighted by atomic mass is 35.5. The lowest BCUT2D eigenvalue weighted by molar-refractivity contribution is 0.616. The van der Waals surface area contributed by atoms with Crippen LogP contribution in [0.2, 0.25) is 0 Å². The fourth-order valence-electron chi connectivity index (χ4n) is 2.34. The quantitative estimate of drug-likeness (QED) is 0.689. The Morgan fingerprint density at radius 3 is 2.95 bits per heavy atom. The number of nitrogens with zero attached hydrogens (tertiary/aromatic N) is 3. The third-order valence-electron chi connectivity index (χ3n) is 3.32. The molecule has 0 spiro atoms. The molecule has 20 heavy (non-hydrogen) atoms. The summed E-state index contributed by atoms with van der Waals surface area (Å²) in [5.74, 6) is 1.05. The summed E-state index contributed by atoms with van der Waals surface area (Å²) < 4.78 is 15.8. The summed E-state index contributed by atoms with van der Waals surface area (Å²) in [5.41, 5.74) is 3.09. The third kappa shape index (κ3) is 2.06. The molecule has 3 rings (SSSR count). The van der Waals surface area contributed by atoms with Gasteiger partial charge in [-0.05, 0) is 25.1 Å². The molecule has 0 atom stereocenters. The van der Waals surface area contributed by atoms with Gasteiger partial charge in [-0.1, -0.05) is 6.07 Å². The van der Waals surface area contributed by atoms with Crippen LogP contribution in [0.4, 0.5) is 4.39 Å². The molecule has 0 aliphatic carbocycles. The van der Waals surface area contributed by atoms with Crippen LogP contribution in [0.25, 0.3) is 16.7 Å². The number of hydrogen-bond acceptors (Lipinski definition) is 2. The number of aromatic nitrogens is 3. The molecule has 102 valence electrons. The van der Waals surface area contributed by atoms with Gasteiger partial charge in [-0.25, -0.2) is 9.37 Å². The van der Waals surface area contributed by atoms with E-state index in [1.807, 2.05) is 16.7 Å². The number of benzene rings is 1. The second-order valence-electron chi connectivity index (χ2n) is 4.55. The van der Waals surface area contributed by atoms with Crippen LogP contribution in [0.1, 0.15) is 11.4 Å². The van der Waals surface area contributed by atoms with Gasteiger partial charge in [-0.3, -0.25) is 9.55 Å². The molecule has 0 fully saturated rings. The molecule has 0 unspecified atom stereocenters. The van der Waals surface area contributed by atoms with E-state index in [0.29, 0.717) is 17.9 Å². The maximum Gasteiger partial charge on any atom is 0.128 e. The average Bonchev–Trinajstić information content (AvgIpc) is 2.80. The summed E-state index contributed by atoms with van der Waals surface area (Å²) in [6.45, 7) is 1.77. The number of pyridine rings is 1. The van der Waals surface area contributed by atoms with Crippen LogP contribution in [0.3, 0.4) is 0 Å². The maximum atomic E-state index is 13.8. The lowest BCUT2D eigenvalue weighted by Gasteiger charge is -2.12. The van der Waals surface area contributed by atoms with Crippen LogP contribution in [0, 0.1) is 12.7 Å². The molecule has 1 aromatic carbocycles. The molecule has 3 nitrogen and oxygen atoms in total. The fraction of sp³-hybridized carbons (Fsp3) is 0.200. The van der Waals surface area contributed by atoms with Crippen LogP contribution in [-0.2, 0) is 6.42 Å². The van der Waals surface area contributed by atoms with Crippen LogP contribution < -0.4 is 0 Å².